The Hall–Kier alpha value is -0.570. The Morgan fingerprint density at radius 3 is 2.71 bits per heavy atom. The van der Waals surface area contributed by atoms with Gasteiger partial charge in [0.15, 0.2) is 0 Å². The van der Waals surface area contributed by atoms with E-state index in [1.807, 2.05) is 0 Å². The summed E-state index contributed by atoms with van der Waals surface area (Å²) < 4.78 is 5.50. The second kappa shape index (κ2) is 6.82. The largest absolute Gasteiger partial charge is 0.481 e. The lowest BCUT2D eigenvalue weighted by Gasteiger charge is -2.07. The predicted molar refractivity (Wildman–Crippen MR) is 54.3 cm³/mol. The second-order valence-corrected chi connectivity index (χ2v) is 3.98. The molecule has 1 saturated heterocycles. The van der Waals surface area contributed by atoms with E-state index in [1.54, 1.807) is 0 Å². The number of rotatable bonds is 7. The summed E-state index contributed by atoms with van der Waals surface area (Å²) in [6, 6.07) is 0. The zero-order chi connectivity index (χ0) is 10.2. The SMILES string of the molecule is O=C(O)CCCCCCC1CCCO1. The minimum atomic E-state index is -0.677. The lowest BCUT2D eigenvalue weighted by molar-refractivity contribution is -0.137. The van der Waals surface area contributed by atoms with E-state index in [1.165, 1.54) is 19.3 Å². The number of unbranched alkanes of at least 4 members (excludes halogenated alkanes) is 3. The lowest BCUT2D eigenvalue weighted by atomic mass is 10.1. The number of ether oxygens (including phenoxy) is 1. The Balaban J connectivity index is 1.82. The summed E-state index contributed by atoms with van der Waals surface area (Å²) in [4.78, 5) is 10.2. The Morgan fingerprint density at radius 2 is 2.07 bits per heavy atom. The third-order valence-corrected chi connectivity index (χ3v) is 2.69. The number of aliphatic carboxylic acids is 1. The molecule has 0 aromatic rings. The molecule has 0 spiro atoms. The summed E-state index contributed by atoms with van der Waals surface area (Å²) in [5, 5.41) is 8.42. The molecule has 0 saturated carbocycles. The van der Waals surface area contributed by atoms with Crippen LogP contribution in [0.1, 0.15) is 51.4 Å². The molecule has 0 aromatic carbocycles. The van der Waals surface area contributed by atoms with Gasteiger partial charge in [-0.15, -0.1) is 0 Å². The van der Waals surface area contributed by atoms with E-state index >= 15 is 0 Å². The molecule has 1 rings (SSSR count). The highest BCUT2D eigenvalue weighted by molar-refractivity contribution is 5.66. The van der Waals surface area contributed by atoms with Crippen LogP contribution in [0, 0.1) is 0 Å². The fourth-order valence-electron chi connectivity index (χ4n) is 1.87. The fraction of sp³-hybridized carbons (Fsp3) is 0.909. The molecule has 1 atom stereocenters. The van der Waals surface area contributed by atoms with Crippen LogP contribution in [0.15, 0.2) is 0 Å². The molecule has 1 fully saturated rings. The van der Waals surface area contributed by atoms with Crippen molar-refractivity contribution < 1.29 is 14.6 Å². The van der Waals surface area contributed by atoms with Crippen LogP contribution in [-0.2, 0) is 9.53 Å². The summed E-state index contributed by atoms with van der Waals surface area (Å²) in [5.41, 5.74) is 0. The lowest BCUT2D eigenvalue weighted by Crippen LogP contribution is -2.03. The molecule has 82 valence electrons. The molecule has 3 heteroatoms. The average Bonchev–Trinajstić information content (AvgIpc) is 2.63. The van der Waals surface area contributed by atoms with Gasteiger partial charge in [0.1, 0.15) is 0 Å². The minimum Gasteiger partial charge on any atom is -0.481 e. The Morgan fingerprint density at radius 1 is 1.29 bits per heavy atom. The van der Waals surface area contributed by atoms with Gasteiger partial charge in [0.25, 0.3) is 0 Å². The number of hydrogen-bond acceptors (Lipinski definition) is 2. The first-order chi connectivity index (χ1) is 6.79. The summed E-state index contributed by atoms with van der Waals surface area (Å²) in [6.07, 6.45) is 8.60. The van der Waals surface area contributed by atoms with Gasteiger partial charge in [-0.3, -0.25) is 4.79 Å². The smallest absolute Gasteiger partial charge is 0.303 e. The Bertz CT molecular complexity index is 162. The van der Waals surface area contributed by atoms with Crippen LogP contribution >= 0.6 is 0 Å². The van der Waals surface area contributed by atoms with Crippen LogP contribution in [0.3, 0.4) is 0 Å². The maximum Gasteiger partial charge on any atom is 0.303 e. The van der Waals surface area contributed by atoms with Crippen molar-refractivity contribution in [2.75, 3.05) is 6.61 Å². The highest BCUT2D eigenvalue weighted by atomic mass is 16.5. The second-order valence-electron chi connectivity index (χ2n) is 3.98. The van der Waals surface area contributed by atoms with E-state index in [0.717, 1.165) is 32.3 Å². The van der Waals surface area contributed by atoms with Crippen molar-refractivity contribution in [2.24, 2.45) is 0 Å². The van der Waals surface area contributed by atoms with E-state index in [4.69, 9.17) is 9.84 Å². The van der Waals surface area contributed by atoms with Gasteiger partial charge in [-0.05, 0) is 25.7 Å². The van der Waals surface area contributed by atoms with Gasteiger partial charge in [0.05, 0.1) is 6.10 Å². The van der Waals surface area contributed by atoms with Gasteiger partial charge in [0, 0.05) is 13.0 Å². The number of hydrogen-bond donors (Lipinski definition) is 1. The van der Waals surface area contributed by atoms with Crippen LogP contribution in [0.4, 0.5) is 0 Å². The predicted octanol–water partition coefficient (Wildman–Crippen LogP) is 2.59. The molecule has 1 aliphatic rings. The zero-order valence-corrected chi connectivity index (χ0v) is 8.71. The van der Waals surface area contributed by atoms with Gasteiger partial charge < -0.3 is 9.84 Å². The normalized spacial score (nSPS) is 21.3. The van der Waals surface area contributed by atoms with Crippen molar-refractivity contribution in [3.8, 4) is 0 Å². The van der Waals surface area contributed by atoms with Crippen molar-refractivity contribution in [2.45, 2.75) is 57.5 Å². The summed E-state index contributed by atoms with van der Waals surface area (Å²) in [6.45, 7) is 0.934. The molecule has 1 N–H and O–H groups in total. The first-order valence-electron chi connectivity index (χ1n) is 5.62. The van der Waals surface area contributed by atoms with E-state index in [2.05, 4.69) is 0 Å². The standard InChI is InChI=1S/C11H20O3/c12-11(13)8-4-2-1-3-6-10-7-5-9-14-10/h10H,1-9H2,(H,12,13). The molecule has 1 unspecified atom stereocenters. The first kappa shape index (κ1) is 11.5. The van der Waals surface area contributed by atoms with Crippen molar-refractivity contribution >= 4 is 5.97 Å². The number of carboxylic acid groups (broad SMARTS) is 1. The average molecular weight is 200 g/mol. The summed E-state index contributed by atoms with van der Waals surface area (Å²) in [5.74, 6) is -0.677. The molecular weight excluding hydrogens is 180 g/mol. The van der Waals surface area contributed by atoms with Gasteiger partial charge in [-0.1, -0.05) is 19.3 Å². The van der Waals surface area contributed by atoms with Crippen molar-refractivity contribution in [1.29, 1.82) is 0 Å². The van der Waals surface area contributed by atoms with Crippen LogP contribution < -0.4 is 0 Å². The molecule has 0 amide bonds. The molecule has 0 bridgehead atoms. The van der Waals surface area contributed by atoms with E-state index in [0.29, 0.717) is 12.5 Å². The molecular formula is C11H20O3. The highest BCUT2D eigenvalue weighted by Gasteiger charge is 2.14. The monoisotopic (exact) mass is 200 g/mol. The quantitative estimate of drug-likeness (QED) is 0.642. The highest BCUT2D eigenvalue weighted by Crippen LogP contribution is 2.18. The Kier molecular flexibility index (Phi) is 5.60. The van der Waals surface area contributed by atoms with Crippen LogP contribution in [-0.4, -0.2) is 23.8 Å². The van der Waals surface area contributed by atoms with Crippen molar-refractivity contribution in [1.82, 2.24) is 0 Å². The maximum atomic E-state index is 10.2. The van der Waals surface area contributed by atoms with Gasteiger partial charge in [-0.2, -0.15) is 0 Å². The molecule has 0 aromatic heterocycles. The molecule has 0 aliphatic carbocycles. The first-order valence-corrected chi connectivity index (χ1v) is 5.62. The summed E-state index contributed by atoms with van der Waals surface area (Å²) in [7, 11) is 0. The molecule has 0 radical (unpaired) electrons. The van der Waals surface area contributed by atoms with E-state index in [-0.39, 0.29) is 0 Å². The topological polar surface area (TPSA) is 46.5 Å². The molecule has 3 nitrogen and oxygen atoms in total. The minimum absolute atomic E-state index is 0.319. The third kappa shape index (κ3) is 5.22. The molecule has 1 aliphatic heterocycles. The van der Waals surface area contributed by atoms with E-state index < -0.39 is 5.97 Å². The van der Waals surface area contributed by atoms with E-state index in [9.17, 15) is 4.79 Å². The van der Waals surface area contributed by atoms with Gasteiger partial charge >= 0.3 is 5.97 Å². The summed E-state index contributed by atoms with van der Waals surface area (Å²) >= 11 is 0. The molecule has 1 heterocycles. The van der Waals surface area contributed by atoms with Crippen molar-refractivity contribution in [3.63, 3.8) is 0 Å². The van der Waals surface area contributed by atoms with Crippen LogP contribution in [0.25, 0.3) is 0 Å². The zero-order valence-electron chi connectivity index (χ0n) is 8.71. The van der Waals surface area contributed by atoms with Gasteiger partial charge in [-0.25, -0.2) is 0 Å². The number of carbonyl (C=O) groups is 1. The van der Waals surface area contributed by atoms with Gasteiger partial charge in [0.2, 0.25) is 0 Å². The van der Waals surface area contributed by atoms with Crippen molar-refractivity contribution in [3.05, 3.63) is 0 Å². The number of carboxylic acids is 1. The third-order valence-electron chi connectivity index (χ3n) is 2.69. The fourth-order valence-corrected chi connectivity index (χ4v) is 1.87. The molecule has 14 heavy (non-hydrogen) atoms. The Labute approximate surface area is 85.5 Å². The van der Waals surface area contributed by atoms with Crippen LogP contribution in [0.5, 0.6) is 0 Å². The maximum absolute atomic E-state index is 10.2. The van der Waals surface area contributed by atoms with Crippen LogP contribution in [0.2, 0.25) is 0 Å².